The third-order valence-electron chi connectivity index (χ3n) is 7.48. The molecule has 0 aromatic heterocycles. The minimum absolute atomic E-state index is 0.126. The van der Waals surface area contributed by atoms with Crippen LogP contribution in [0.4, 0.5) is 0 Å². The molecule has 0 unspecified atom stereocenters. The van der Waals surface area contributed by atoms with Crippen LogP contribution in [0.15, 0.2) is 94.5 Å². The first-order valence-electron chi connectivity index (χ1n) is 13.4. The van der Waals surface area contributed by atoms with E-state index < -0.39 is 23.3 Å². The lowest BCUT2D eigenvalue weighted by Gasteiger charge is -2.49. The normalized spacial score (nSPS) is 21.1. The summed E-state index contributed by atoms with van der Waals surface area (Å²) in [5.74, 6) is -1.64. The molecule has 3 amide bonds. The molecule has 0 spiro atoms. The molecule has 0 bridgehead atoms. The van der Waals surface area contributed by atoms with Crippen molar-refractivity contribution in [1.82, 2.24) is 15.1 Å². The van der Waals surface area contributed by atoms with E-state index in [1.54, 1.807) is 35.2 Å². The molecule has 2 saturated heterocycles. The highest BCUT2D eigenvalue weighted by molar-refractivity contribution is 8.00. The summed E-state index contributed by atoms with van der Waals surface area (Å²) < 4.78 is 0. The number of fused-ring (bicyclic) bond motifs is 2. The van der Waals surface area contributed by atoms with Gasteiger partial charge in [-0.05, 0) is 58.7 Å². The molecule has 3 aliphatic heterocycles. The first-order chi connectivity index (χ1) is 20.3. The average molecular weight is 602 g/mol. The summed E-state index contributed by atoms with van der Waals surface area (Å²) in [7, 11) is 0. The van der Waals surface area contributed by atoms with E-state index in [0.29, 0.717) is 36.4 Å². The summed E-state index contributed by atoms with van der Waals surface area (Å²) >= 11 is 2.74. The number of amides is 3. The number of nitrogens with zero attached hydrogens (tertiary/aromatic N) is 2. The van der Waals surface area contributed by atoms with Gasteiger partial charge < -0.3 is 20.4 Å². The molecule has 6 rings (SSSR count). The highest BCUT2D eigenvalue weighted by atomic mass is 32.2. The zero-order chi connectivity index (χ0) is 29.4. The van der Waals surface area contributed by atoms with Crippen molar-refractivity contribution in [1.29, 1.82) is 0 Å². The summed E-state index contributed by atoms with van der Waals surface area (Å²) in [6.45, 7) is 0.869. The quantitative estimate of drug-likeness (QED) is 0.203. The van der Waals surface area contributed by atoms with Crippen LogP contribution in [-0.4, -0.2) is 73.2 Å². The number of allylic oxidation sites excluding steroid dienone is 1. The molecule has 0 aliphatic carbocycles. The Balaban J connectivity index is 1.10. The number of carboxylic acids is 1. The standard InChI is InChI=1S/C31H27N3O6S2/c35-23-8-5-18(6-9-23)15-33-12-11-21(28(33)37)13-22-16-42-30-26(29(38)34(30)27(22)31(39)40)32-25(36)17-41-24-10-7-19-3-1-2-4-20(19)14-24/h1-10,13-14,26,30,35H,11-12,15-17H2,(H,32,36)(H,39,40)/t26-,30-/m1/s1. The number of hydrogen-bond acceptors (Lipinski definition) is 7. The summed E-state index contributed by atoms with van der Waals surface area (Å²) in [5, 5.41) is 24.0. The van der Waals surface area contributed by atoms with Crippen molar-refractivity contribution >= 4 is 58.0 Å². The second kappa shape index (κ2) is 11.6. The monoisotopic (exact) mass is 601 g/mol. The molecule has 3 aliphatic rings. The third kappa shape index (κ3) is 5.49. The van der Waals surface area contributed by atoms with Gasteiger partial charge >= 0.3 is 5.97 Å². The predicted octanol–water partition coefficient (Wildman–Crippen LogP) is 3.74. The third-order valence-corrected chi connectivity index (χ3v) is 9.77. The molecule has 214 valence electrons. The van der Waals surface area contributed by atoms with Gasteiger partial charge in [-0.3, -0.25) is 19.3 Å². The molecule has 2 fully saturated rings. The SMILES string of the molecule is O=C(CSc1ccc2ccccc2c1)N[C@@H]1C(=O)N2C(C(=O)O)=C(C=C3CCN(Cc4ccc(O)cc4)C3=O)CS[C@H]12. The van der Waals surface area contributed by atoms with Crippen molar-refractivity contribution in [2.24, 2.45) is 0 Å². The van der Waals surface area contributed by atoms with Crippen molar-refractivity contribution in [3.05, 3.63) is 95.2 Å². The van der Waals surface area contributed by atoms with E-state index in [0.717, 1.165) is 21.2 Å². The molecule has 3 aromatic rings. The number of carboxylic acid groups (broad SMARTS) is 1. The molecule has 3 N–H and O–H groups in total. The van der Waals surface area contributed by atoms with Gasteiger partial charge in [-0.25, -0.2) is 4.79 Å². The molecule has 3 heterocycles. The Morgan fingerprint density at radius 1 is 1.05 bits per heavy atom. The summed E-state index contributed by atoms with van der Waals surface area (Å²) in [6.07, 6.45) is 2.06. The van der Waals surface area contributed by atoms with Gasteiger partial charge in [0.05, 0.1) is 5.75 Å². The first-order valence-corrected chi connectivity index (χ1v) is 15.4. The number of thioether (sulfide) groups is 2. The number of benzene rings is 3. The Morgan fingerprint density at radius 3 is 2.57 bits per heavy atom. The van der Waals surface area contributed by atoms with E-state index in [1.807, 2.05) is 42.5 Å². The van der Waals surface area contributed by atoms with Gasteiger partial charge in [0.2, 0.25) is 11.8 Å². The Kier molecular flexibility index (Phi) is 7.70. The molecular weight excluding hydrogens is 574 g/mol. The van der Waals surface area contributed by atoms with Crippen molar-refractivity contribution in [2.45, 2.75) is 29.3 Å². The van der Waals surface area contributed by atoms with Crippen LogP contribution in [-0.2, 0) is 25.7 Å². The van der Waals surface area contributed by atoms with Crippen LogP contribution in [0.1, 0.15) is 12.0 Å². The van der Waals surface area contributed by atoms with Crippen molar-refractivity contribution in [3.8, 4) is 5.75 Å². The molecule has 11 heteroatoms. The summed E-state index contributed by atoms with van der Waals surface area (Å²) in [6, 6.07) is 19.8. The first kappa shape index (κ1) is 27.9. The zero-order valence-electron chi connectivity index (χ0n) is 22.4. The minimum Gasteiger partial charge on any atom is -0.508 e. The number of phenolic OH excluding ortho intramolecular Hbond substituents is 1. The van der Waals surface area contributed by atoms with Crippen LogP contribution >= 0.6 is 23.5 Å². The van der Waals surface area contributed by atoms with E-state index in [9.17, 15) is 29.4 Å². The van der Waals surface area contributed by atoms with Crippen LogP contribution in [0.3, 0.4) is 0 Å². The van der Waals surface area contributed by atoms with Gasteiger partial charge in [0.25, 0.3) is 5.91 Å². The molecule has 42 heavy (non-hydrogen) atoms. The number of likely N-dealkylation sites (tertiary alicyclic amines) is 1. The molecular formula is C31H27N3O6S2. The number of rotatable bonds is 8. The maximum Gasteiger partial charge on any atom is 0.352 e. The van der Waals surface area contributed by atoms with Gasteiger partial charge in [0.15, 0.2) is 0 Å². The van der Waals surface area contributed by atoms with E-state index in [2.05, 4.69) is 5.32 Å². The number of hydrogen-bond donors (Lipinski definition) is 3. The lowest BCUT2D eigenvalue weighted by Crippen LogP contribution is -2.70. The molecule has 0 radical (unpaired) electrons. The fraction of sp³-hybridized carbons (Fsp3) is 0.226. The van der Waals surface area contributed by atoms with Crippen LogP contribution < -0.4 is 5.32 Å². The number of nitrogens with one attached hydrogen (secondary N) is 1. The van der Waals surface area contributed by atoms with Crippen LogP contribution in [0.5, 0.6) is 5.75 Å². The second-order valence-electron chi connectivity index (χ2n) is 10.2. The Bertz CT molecular complexity index is 1670. The van der Waals surface area contributed by atoms with Gasteiger partial charge in [-0.2, -0.15) is 0 Å². The van der Waals surface area contributed by atoms with E-state index in [4.69, 9.17) is 0 Å². The molecule has 0 saturated carbocycles. The predicted molar refractivity (Wildman–Crippen MR) is 161 cm³/mol. The fourth-order valence-electron chi connectivity index (χ4n) is 5.36. The van der Waals surface area contributed by atoms with Crippen molar-refractivity contribution in [3.63, 3.8) is 0 Å². The molecule has 9 nitrogen and oxygen atoms in total. The number of carbonyl (C=O) groups excluding carboxylic acids is 3. The Morgan fingerprint density at radius 2 is 1.81 bits per heavy atom. The topological polar surface area (TPSA) is 127 Å². The summed E-state index contributed by atoms with van der Waals surface area (Å²) in [4.78, 5) is 55.0. The van der Waals surface area contributed by atoms with Crippen LogP contribution in [0, 0.1) is 0 Å². The maximum atomic E-state index is 13.1. The van der Waals surface area contributed by atoms with Gasteiger partial charge in [-0.1, -0.05) is 42.5 Å². The Hall–Kier alpha value is -4.22. The Labute approximate surface area is 250 Å². The number of β-lactam (4-membered cyclic amide) rings is 1. The second-order valence-corrected chi connectivity index (χ2v) is 12.4. The average Bonchev–Trinajstić information content (AvgIpc) is 3.33. The van der Waals surface area contributed by atoms with Gasteiger partial charge in [-0.15, -0.1) is 23.5 Å². The smallest absolute Gasteiger partial charge is 0.352 e. The fourth-order valence-corrected chi connectivity index (χ4v) is 7.42. The molecule has 3 aromatic carbocycles. The van der Waals surface area contributed by atoms with Crippen molar-refractivity contribution < 1.29 is 29.4 Å². The minimum atomic E-state index is -1.25. The number of phenols is 1. The lowest BCUT2D eigenvalue weighted by molar-refractivity contribution is -0.150. The van der Waals surface area contributed by atoms with Crippen molar-refractivity contribution in [2.75, 3.05) is 18.1 Å². The van der Waals surface area contributed by atoms with E-state index in [1.165, 1.54) is 28.4 Å². The van der Waals surface area contributed by atoms with Crippen LogP contribution in [0.25, 0.3) is 10.8 Å². The highest BCUT2D eigenvalue weighted by Crippen LogP contribution is 2.41. The number of aliphatic carboxylic acids is 1. The zero-order valence-corrected chi connectivity index (χ0v) is 24.0. The number of carbonyl (C=O) groups is 4. The van der Waals surface area contributed by atoms with E-state index >= 15 is 0 Å². The molecule has 2 atom stereocenters. The van der Waals surface area contributed by atoms with E-state index in [-0.39, 0.29) is 29.0 Å². The number of aromatic hydroxyl groups is 1. The highest BCUT2D eigenvalue weighted by Gasteiger charge is 2.54. The lowest BCUT2D eigenvalue weighted by atomic mass is 10.0. The van der Waals surface area contributed by atoms with Crippen LogP contribution in [0.2, 0.25) is 0 Å². The van der Waals surface area contributed by atoms with Gasteiger partial charge in [0, 0.05) is 29.3 Å². The summed E-state index contributed by atoms with van der Waals surface area (Å²) in [5.41, 5.74) is 1.63. The largest absolute Gasteiger partial charge is 0.508 e. The maximum absolute atomic E-state index is 13.1. The van der Waals surface area contributed by atoms with Gasteiger partial charge in [0.1, 0.15) is 22.9 Å².